The zero-order valence-electron chi connectivity index (χ0n) is 8.37. The topological polar surface area (TPSA) is 92.0 Å². The lowest BCUT2D eigenvalue weighted by atomic mass is 10.1. The molecule has 0 saturated heterocycles. The van der Waals surface area contributed by atoms with E-state index in [4.69, 9.17) is 5.73 Å². The van der Waals surface area contributed by atoms with E-state index in [0.717, 1.165) is 6.42 Å². The second-order valence-corrected chi connectivity index (χ2v) is 3.33. The summed E-state index contributed by atoms with van der Waals surface area (Å²) in [4.78, 5) is 17.7. The molecule has 0 spiro atoms. The molecule has 0 aromatic carbocycles. The van der Waals surface area contributed by atoms with Crippen LogP contribution in [-0.2, 0) is 6.42 Å². The Bertz CT molecular complexity index is 373. The van der Waals surface area contributed by atoms with Gasteiger partial charge >= 0.3 is 0 Å². The fraction of sp³-hybridized carbons (Fsp3) is 0.556. The van der Waals surface area contributed by atoms with E-state index < -0.39 is 0 Å². The fourth-order valence-electron chi connectivity index (χ4n) is 1.19. The van der Waals surface area contributed by atoms with Crippen LogP contribution in [0.25, 0.3) is 0 Å². The highest BCUT2D eigenvalue weighted by Crippen LogP contribution is 2.10. The normalized spacial score (nSPS) is 12.8. The molecule has 4 N–H and O–H groups in total. The first-order valence-corrected chi connectivity index (χ1v) is 4.59. The Balaban J connectivity index is 3.03. The van der Waals surface area contributed by atoms with Gasteiger partial charge in [0.15, 0.2) is 0 Å². The largest absolute Gasteiger partial charge is 0.493 e. The third-order valence-electron chi connectivity index (χ3n) is 2.10. The van der Waals surface area contributed by atoms with Gasteiger partial charge in [0, 0.05) is 6.04 Å². The summed E-state index contributed by atoms with van der Waals surface area (Å²) in [6.07, 6.45) is 1.11. The summed E-state index contributed by atoms with van der Waals surface area (Å²) < 4.78 is 0. The maximum Gasteiger partial charge on any atom is 0.257 e. The molecule has 0 bridgehead atoms. The van der Waals surface area contributed by atoms with Crippen LogP contribution < -0.4 is 11.3 Å². The van der Waals surface area contributed by atoms with Gasteiger partial charge in [0.1, 0.15) is 5.82 Å². The van der Waals surface area contributed by atoms with Gasteiger partial charge in [0.25, 0.3) is 5.56 Å². The monoisotopic (exact) mass is 197 g/mol. The second-order valence-electron chi connectivity index (χ2n) is 3.33. The number of nitrogens with zero attached hydrogens (tertiary/aromatic N) is 1. The molecular weight excluding hydrogens is 182 g/mol. The number of rotatable bonds is 3. The number of aromatic nitrogens is 2. The Hall–Kier alpha value is -1.36. The number of aryl methyl sites for hydroxylation is 1. The highest BCUT2D eigenvalue weighted by molar-refractivity contribution is 5.23. The van der Waals surface area contributed by atoms with E-state index in [1.165, 1.54) is 0 Å². The second kappa shape index (κ2) is 4.23. The molecule has 1 unspecified atom stereocenters. The number of hydrogen-bond donors (Lipinski definition) is 3. The van der Waals surface area contributed by atoms with E-state index in [-0.39, 0.29) is 23.0 Å². The van der Waals surface area contributed by atoms with Gasteiger partial charge in [-0.05, 0) is 19.8 Å². The first kappa shape index (κ1) is 10.7. The molecule has 0 aliphatic rings. The quantitative estimate of drug-likeness (QED) is 0.639. The summed E-state index contributed by atoms with van der Waals surface area (Å²) in [5.41, 5.74) is 5.65. The molecule has 1 rings (SSSR count). The minimum Gasteiger partial charge on any atom is -0.493 e. The molecule has 0 amide bonds. The van der Waals surface area contributed by atoms with E-state index in [0.29, 0.717) is 12.2 Å². The lowest BCUT2D eigenvalue weighted by Crippen LogP contribution is -2.26. The van der Waals surface area contributed by atoms with Crippen molar-refractivity contribution in [3.8, 4) is 5.88 Å². The third-order valence-corrected chi connectivity index (χ3v) is 2.10. The lowest BCUT2D eigenvalue weighted by Gasteiger charge is -2.08. The number of hydrogen-bond acceptors (Lipinski definition) is 4. The van der Waals surface area contributed by atoms with Crippen molar-refractivity contribution in [1.82, 2.24) is 9.97 Å². The predicted molar refractivity (Wildman–Crippen MR) is 53.2 cm³/mol. The van der Waals surface area contributed by atoms with Crippen LogP contribution >= 0.6 is 0 Å². The molecule has 5 heteroatoms. The SMILES string of the molecule is CCC(N)Cc1c(O)nc(C)[nH]c1=O. The van der Waals surface area contributed by atoms with Crippen LogP contribution in [0.5, 0.6) is 5.88 Å². The summed E-state index contributed by atoms with van der Waals surface area (Å²) >= 11 is 0. The van der Waals surface area contributed by atoms with Crippen molar-refractivity contribution in [2.75, 3.05) is 0 Å². The summed E-state index contributed by atoms with van der Waals surface area (Å²) in [5.74, 6) is 0.191. The summed E-state index contributed by atoms with van der Waals surface area (Å²) in [7, 11) is 0. The Morgan fingerprint density at radius 1 is 1.64 bits per heavy atom. The van der Waals surface area contributed by atoms with Gasteiger partial charge in [-0.15, -0.1) is 0 Å². The zero-order valence-corrected chi connectivity index (χ0v) is 8.37. The van der Waals surface area contributed by atoms with E-state index in [2.05, 4.69) is 9.97 Å². The minimum atomic E-state index is -0.307. The summed E-state index contributed by atoms with van der Waals surface area (Å²) in [5, 5.41) is 9.43. The smallest absolute Gasteiger partial charge is 0.257 e. The Kier molecular flexibility index (Phi) is 3.24. The molecule has 1 atom stereocenters. The van der Waals surface area contributed by atoms with Crippen molar-refractivity contribution in [1.29, 1.82) is 0 Å². The fourth-order valence-corrected chi connectivity index (χ4v) is 1.19. The van der Waals surface area contributed by atoms with Crippen LogP contribution in [0.15, 0.2) is 4.79 Å². The number of H-pyrrole nitrogens is 1. The standard InChI is InChI=1S/C9H15N3O2/c1-3-6(10)4-7-8(13)11-5(2)12-9(7)14/h6H,3-4,10H2,1-2H3,(H2,11,12,13,14). The Morgan fingerprint density at radius 2 is 2.29 bits per heavy atom. The van der Waals surface area contributed by atoms with Crippen molar-refractivity contribution < 1.29 is 5.11 Å². The third kappa shape index (κ3) is 2.32. The van der Waals surface area contributed by atoms with Gasteiger partial charge in [0.05, 0.1) is 5.56 Å². The average molecular weight is 197 g/mol. The molecule has 0 aliphatic heterocycles. The number of aromatic amines is 1. The van der Waals surface area contributed by atoms with Crippen molar-refractivity contribution in [3.63, 3.8) is 0 Å². The van der Waals surface area contributed by atoms with E-state index in [9.17, 15) is 9.90 Å². The van der Waals surface area contributed by atoms with Crippen molar-refractivity contribution >= 4 is 0 Å². The average Bonchev–Trinajstić information content (AvgIpc) is 2.10. The maximum absolute atomic E-state index is 11.4. The van der Waals surface area contributed by atoms with Gasteiger partial charge in [-0.3, -0.25) is 4.79 Å². The van der Waals surface area contributed by atoms with Crippen LogP contribution in [0.4, 0.5) is 0 Å². The van der Waals surface area contributed by atoms with E-state index in [1.807, 2.05) is 6.92 Å². The van der Waals surface area contributed by atoms with Gasteiger partial charge in [-0.2, -0.15) is 0 Å². The molecule has 0 saturated carbocycles. The number of aromatic hydroxyl groups is 1. The highest BCUT2D eigenvalue weighted by atomic mass is 16.3. The van der Waals surface area contributed by atoms with Crippen LogP contribution in [0, 0.1) is 6.92 Å². The molecule has 0 radical (unpaired) electrons. The van der Waals surface area contributed by atoms with E-state index >= 15 is 0 Å². The molecule has 14 heavy (non-hydrogen) atoms. The molecule has 1 heterocycles. The van der Waals surface area contributed by atoms with Crippen LogP contribution in [0.1, 0.15) is 24.7 Å². The Labute approximate surface area is 82.0 Å². The molecule has 1 aromatic heterocycles. The van der Waals surface area contributed by atoms with E-state index in [1.54, 1.807) is 6.92 Å². The molecule has 78 valence electrons. The number of nitrogens with one attached hydrogen (secondary N) is 1. The Morgan fingerprint density at radius 3 is 2.79 bits per heavy atom. The molecule has 0 aliphatic carbocycles. The summed E-state index contributed by atoms with van der Waals surface area (Å²) in [6, 6.07) is -0.119. The highest BCUT2D eigenvalue weighted by Gasteiger charge is 2.12. The van der Waals surface area contributed by atoms with Crippen LogP contribution in [0.3, 0.4) is 0 Å². The minimum absolute atomic E-state index is 0.119. The molecule has 0 fully saturated rings. The van der Waals surface area contributed by atoms with Crippen molar-refractivity contribution in [2.45, 2.75) is 32.7 Å². The van der Waals surface area contributed by atoms with Gasteiger partial charge in [-0.25, -0.2) is 4.98 Å². The predicted octanol–water partition coefficient (Wildman–Crippen LogP) is 0.0637. The van der Waals surface area contributed by atoms with Gasteiger partial charge in [-0.1, -0.05) is 6.92 Å². The van der Waals surface area contributed by atoms with Gasteiger partial charge in [0.2, 0.25) is 5.88 Å². The first-order chi connectivity index (χ1) is 6.54. The molecular formula is C9H15N3O2. The van der Waals surface area contributed by atoms with Crippen LogP contribution in [-0.4, -0.2) is 21.1 Å². The zero-order chi connectivity index (χ0) is 10.7. The van der Waals surface area contributed by atoms with Gasteiger partial charge < -0.3 is 15.8 Å². The molecule has 5 nitrogen and oxygen atoms in total. The molecule has 1 aromatic rings. The summed E-state index contributed by atoms with van der Waals surface area (Å²) in [6.45, 7) is 3.54. The van der Waals surface area contributed by atoms with Crippen LogP contribution in [0.2, 0.25) is 0 Å². The maximum atomic E-state index is 11.4. The lowest BCUT2D eigenvalue weighted by molar-refractivity contribution is 0.436. The first-order valence-electron chi connectivity index (χ1n) is 4.59. The number of nitrogens with two attached hydrogens (primary N) is 1. The van der Waals surface area contributed by atoms with Crippen molar-refractivity contribution in [3.05, 3.63) is 21.7 Å². The van der Waals surface area contributed by atoms with Crippen molar-refractivity contribution in [2.24, 2.45) is 5.73 Å².